The highest BCUT2D eigenvalue weighted by molar-refractivity contribution is 4.69. The van der Waals surface area contributed by atoms with Crippen LogP contribution >= 0.6 is 0 Å². The Hall–Kier alpha value is -0.290. The first kappa shape index (κ1) is 11.7. The van der Waals surface area contributed by atoms with Crippen molar-refractivity contribution in [3.05, 3.63) is 0 Å². The number of rotatable bonds is 6. The van der Waals surface area contributed by atoms with Gasteiger partial charge in [0.1, 0.15) is 6.17 Å². The number of halogens is 3. The molecule has 0 amide bonds. The zero-order chi connectivity index (χ0) is 9.56. The molecule has 0 heterocycles. The van der Waals surface area contributed by atoms with E-state index in [9.17, 15) is 13.2 Å². The molecule has 0 radical (unpaired) electrons. The minimum atomic E-state index is -2.29. The summed E-state index contributed by atoms with van der Waals surface area (Å²) >= 11 is 0. The van der Waals surface area contributed by atoms with Gasteiger partial charge in [0.25, 0.3) is 0 Å². The lowest BCUT2D eigenvalue weighted by molar-refractivity contribution is -0.115. The molecule has 0 fully saturated rings. The molecule has 0 aliphatic carbocycles. The zero-order valence-electron chi connectivity index (χ0n) is 6.59. The molecule has 5 heteroatoms. The van der Waals surface area contributed by atoms with E-state index in [2.05, 4.69) is 0 Å². The molecule has 0 bridgehead atoms. The van der Waals surface area contributed by atoms with Crippen molar-refractivity contribution in [2.24, 2.45) is 0 Å². The Kier molecular flexibility index (Phi) is 6.10. The van der Waals surface area contributed by atoms with Crippen LogP contribution in [-0.4, -0.2) is 35.5 Å². The summed E-state index contributed by atoms with van der Waals surface area (Å²) in [6.07, 6.45) is -6.28. The maximum absolute atomic E-state index is 12.6. The van der Waals surface area contributed by atoms with Crippen molar-refractivity contribution in [2.75, 3.05) is 6.67 Å². The Balaban J connectivity index is 3.49. The monoisotopic (exact) mass is 186 g/mol. The predicted octanol–water partition coefficient (Wildman–Crippen LogP) is 1.11. The maximum atomic E-state index is 12.6. The van der Waals surface area contributed by atoms with E-state index in [1.807, 2.05) is 0 Å². The molecule has 12 heavy (non-hydrogen) atoms. The fourth-order valence-corrected chi connectivity index (χ4v) is 0.780. The quantitative estimate of drug-likeness (QED) is 0.482. The van der Waals surface area contributed by atoms with Crippen molar-refractivity contribution in [1.82, 2.24) is 0 Å². The van der Waals surface area contributed by atoms with Gasteiger partial charge in [-0.15, -0.1) is 0 Å². The molecular formula is C7H13F3O2. The summed E-state index contributed by atoms with van der Waals surface area (Å²) in [5.41, 5.74) is 0. The number of alkyl halides is 3. The Labute approximate surface area is 69.0 Å². The second-order valence-corrected chi connectivity index (χ2v) is 2.56. The van der Waals surface area contributed by atoms with Gasteiger partial charge in [-0.3, -0.25) is 4.39 Å². The molecular weight excluding hydrogens is 173 g/mol. The Morgan fingerprint density at radius 2 is 1.67 bits per heavy atom. The fraction of sp³-hybridized carbons (Fsp3) is 1.00. The largest absolute Gasteiger partial charge is 0.366 e. The lowest BCUT2D eigenvalue weighted by atomic mass is 10.1. The summed E-state index contributed by atoms with van der Waals surface area (Å²) < 4.78 is 36.4. The van der Waals surface area contributed by atoms with Crippen LogP contribution in [0.15, 0.2) is 0 Å². The Morgan fingerprint density at radius 1 is 1.08 bits per heavy atom. The minimum absolute atomic E-state index is 0.175. The van der Waals surface area contributed by atoms with Crippen molar-refractivity contribution in [2.45, 2.75) is 37.9 Å². The molecule has 2 atom stereocenters. The molecule has 0 aromatic carbocycles. The molecule has 0 aliphatic rings. The first-order valence-corrected chi connectivity index (χ1v) is 3.80. The van der Waals surface area contributed by atoms with Crippen LogP contribution in [0.5, 0.6) is 0 Å². The van der Waals surface area contributed by atoms with Crippen LogP contribution in [0.4, 0.5) is 13.2 Å². The SMILES string of the molecule is OC(O)C(F)C(F)CCCCF. The third-order valence-electron chi connectivity index (χ3n) is 1.49. The van der Waals surface area contributed by atoms with E-state index >= 15 is 0 Å². The topological polar surface area (TPSA) is 40.5 Å². The van der Waals surface area contributed by atoms with Crippen LogP contribution in [-0.2, 0) is 0 Å². The molecule has 0 saturated carbocycles. The standard InChI is InChI=1S/C7H13F3O2/c8-4-2-1-3-5(9)6(10)7(11)12/h5-7,11-12H,1-4H2. The summed E-state index contributed by atoms with van der Waals surface area (Å²) in [7, 11) is 0. The lowest BCUT2D eigenvalue weighted by Crippen LogP contribution is -2.30. The van der Waals surface area contributed by atoms with Crippen molar-refractivity contribution < 1.29 is 23.4 Å². The van der Waals surface area contributed by atoms with Gasteiger partial charge in [0.05, 0.1) is 6.67 Å². The summed E-state index contributed by atoms with van der Waals surface area (Å²) in [5.74, 6) is 0. The summed E-state index contributed by atoms with van der Waals surface area (Å²) in [5, 5.41) is 16.4. The molecule has 2 unspecified atom stereocenters. The molecule has 0 saturated heterocycles. The molecule has 0 aliphatic heterocycles. The zero-order valence-corrected chi connectivity index (χ0v) is 6.59. The molecule has 0 aromatic rings. The smallest absolute Gasteiger partial charge is 0.186 e. The van der Waals surface area contributed by atoms with Gasteiger partial charge in [-0.1, -0.05) is 0 Å². The van der Waals surface area contributed by atoms with E-state index in [4.69, 9.17) is 10.2 Å². The molecule has 2 nitrogen and oxygen atoms in total. The first-order valence-electron chi connectivity index (χ1n) is 3.80. The third kappa shape index (κ3) is 4.56. The van der Waals surface area contributed by atoms with Crippen molar-refractivity contribution >= 4 is 0 Å². The summed E-state index contributed by atoms with van der Waals surface area (Å²) in [6.45, 7) is -0.564. The molecule has 74 valence electrons. The normalized spacial score (nSPS) is 16.5. The number of hydrogen-bond donors (Lipinski definition) is 2. The highest BCUT2D eigenvalue weighted by Gasteiger charge is 2.25. The predicted molar refractivity (Wildman–Crippen MR) is 37.8 cm³/mol. The molecule has 0 rings (SSSR count). The Morgan fingerprint density at radius 3 is 2.08 bits per heavy atom. The number of unbranched alkanes of at least 4 members (excludes halogenated alkanes) is 1. The van der Waals surface area contributed by atoms with Gasteiger partial charge in [0.2, 0.25) is 0 Å². The molecule has 2 N–H and O–H groups in total. The van der Waals surface area contributed by atoms with Gasteiger partial charge in [0, 0.05) is 0 Å². The molecule has 0 aromatic heterocycles. The third-order valence-corrected chi connectivity index (χ3v) is 1.49. The van der Waals surface area contributed by atoms with Gasteiger partial charge >= 0.3 is 0 Å². The van der Waals surface area contributed by atoms with Crippen molar-refractivity contribution in [1.29, 1.82) is 0 Å². The highest BCUT2D eigenvalue weighted by atomic mass is 19.2. The first-order chi connectivity index (χ1) is 5.59. The van der Waals surface area contributed by atoms with Crippen LogP contribution in [0.25, 0.3) is 0 Å². The highest BCUT2D eigenvalue weighted by Crippen LogP contribution is 2.14. The lowest BCUT2D eigenvalue weighted by Gasteiger charge is -2.14. The second-order valence-electron chi connectivity index (χ2n) is 2.56. The summed E-state index contributed by atoms with van der Waals surface area (Å²) in [6, 6.07) is 0. The maximum Gasteiger partial charge on any atom is 0.186 e. The van der Waals surface area contributed by atoms with E-state index in [0.717, 1.165) is 0 Å². The van der Waals surface area contributed by atoms with Gasteiger partial charge in [0.15, 0.2) is 12.5 Å². The van der Waals surface area contributed by atoms with E-state index in [1.165, 1.54) is 0 Å². The van der Waals surface area contributed by atoms with E-state index in [1.54, 1.807) is 0 Å². The summed E-state index contributed by atoms with van der Waals surface area (Å²) in [4.78, 5) is 0. The van der Waals surface area contributed by atoms with Crippen molar-refractivity contribution in [3.8, 4) is 0 Å². The number of hydrogen-bond acceptors (Lipinski definition) is 2. The average molecular weight is 186 g/mol. The van der Waals surface area contributed by atoms with Crippen LogP contribution in [0.3, 0.4) is 0 Å². The van der Waals surface area contributed by atoms with E-state index in [0.29, 0.717) is 0 Å². The van der Waals surface area contributed by atoms with Crippen LogP contribution in [0.1, 0.15) is 19.3 Å². The van der Waals surface area contributed by atoms with Crippen LogP contribution in [0, 0.1) is 0 Å². The number of aliphatic hydroxyl groups is 2. The number of aliphatic hydroxyl groups excluding tert-OH is 1. The van der Waals surface area contributed by atoms with Gasteiger partial charge in [-0.2, -0.15) is 0 Å². The second kappa shape index (κ2) is 6.25. The van der Waals surface area contributed by atoms with Gasteiger partial charge in [-0.25, -0.2) is 8.78 Å². The average Bonchev–Trinajstić information content (AvgIpc) is 2.03. The van der Waals surface area contributed by atoms with Gasteiger partial charge < -0.3 is 10.2 Å². The van der Waals surface area contributed by atoms with Crippen LogP contribution in [0.2, 0.25) is 0 Å². The van der Waals surface area contributed by atoms with Gasteiger partial charge in [-0.05, 0) is 19.3 Å². The van der Waals surface area contributed by atoms with Crippen LogP contribution < -0.4 is 0 Å². The molecule has 0 spiro atoms. The fourth-order valence-electron chi connectivity index (χ4n) is 0.780. The Bertz CT molecular complexity index is 111. The van der Waals surface area contributed by atoms with E-state index in [-0.39, 0.29) is 19.3 Å². The van der Waals surface area contributed by atoms with Crippen molar-refractivity contribution in [3.63, 3.8) is 0 Å². The van der Waals surface area contributed by atoms with E-state index < -0.39 is 25.3 Å². The minimum Gasteiger partial charge on any atom is -0.366 e.